The lowest BCUT2D eigenvalue weighted by atomic mass is 10.3. The van der Waals surface area contributed by atoms with Crippen LogP contribution < -0.4 is 21.3 Å². The fourth-order valence-electron chi connectivity index (χ4n) is 2.63. The summed E-state index contributed by atoms with van der Waals surface area (Å²) in [5.41, 5.74) is 2.61. The lowest BCUT2D eigenvalue weighted by molar-refractivity contribution is 0.251. The molecule has 1 aromatic carbocycles. The minimum Gasteiger partial charge on any atom is -0.369 e. The zero-order valence-electron chi connectivity index (χ0n) is 15.6. The predicted octanol–water partition coefficient (Wildman–Crippen LogP) is 3.64. The van der Waals surface area contributed by atoms with Crippen molar-refractivity contribution < 1.29 is 4.79 Å². The zero-order chi connectivity index (χ0) is 20.1. The van der Waals surface area contributed by atoms with E-state index in [9.17, 15) is 4.79 Å². The quantitative estimate of drug-likeness (QED) is 0.352. The maximum atomic E-state index is 11.8. The van der Waals surface area contributed by atoms with E-state index in [4.69, 9.17) is 0 Å². The second-order valence-corrected chi connectivity index (χ2v) is 7.57. The molecule has 0 atom stereocenters. The van der Waals surface area contributed by atoms with E-state index in [2.05, 4.69) is 57.1 Å². The molecule has 0 unspecified atom stereocenters. The van der Waals surface area contributed by atoms with E-state index < -0.39 is 0 Å². The SMILES string of the molecule is O=C(Nc1ccc(Nc2ncc(Br)c(NCCc3cnc[nH]3)n2)cc1)NC1CC1. The van der Waals surface area contributed by atoms with Gasteiger partial charge in [0.1, 0.15) is 5.82 Å². The number of aromatic amines is 1. The number of carbonyl (C=O) groups is 1. The number of nitrogens with zero attached hydrogens (tertiary/aromatic N) is 3. The summed E-state index contributed by atoms with van der Waals surface area (Å²) < 4.78 is 0.786. The number of urea groups is 1. The highest BCUT2D eigenvalue weighted by Gasteiger charge is 2.23. The van der Waals surface area contributed by atoms with Gasteiger partial charge in [-0.1, -0.05) is 0 Å². The number of rotatable bonds is 8. The van der Waals surface area contributed by atoms with Crippen LogP contribution in [0.3, 0.4) is 0 Å². The molecule has 0 radical (unpaired) electrons. The smallest absolute Gasteiger partial charge is 0.319 e. The minimum absolute atomic E-state index is 0.171. The van der Waals surface area contributed by atoms with Crippen LogP contribution in [-0.2, 0) is 6.42 Å². The Morgan fingerprint density at radius 3 is 2.69 bits per heavy atom. The molecular weight excluding hydrogens is 436 g/mol. The number of benzene rings is 1. The molecule has 1 aliphatic rings. The van der Waals surface area contributed by atoms with Crippen molar-refractivity contribution in [3.8, 4) is 0 Å². The fourth-order valence-corrected chi connectivity index (χ4v) is 2.97. The number of H-pyrrole nitrogens is 1. The molecule has 2 aromatic heterocycles. The maximum absolute atomic E-state index is 11.8. The lowest BCUT2D eigenvalue weighted by Gasteiger charge is -2.11. The van der Waals surface area contributed by atoms with Gasteiger partial charge in [0, 0.05) is 48.5 Å². The Kier molecular flexibility index (Phi) is 5.89. The van der Waals surface area contributed by atoms with Gasteiger partial charge < -0.3 is 26.3 Å². The molecule has 3 aromatic rings. The Labute approximate surface area is 176 Å². The number of anilines is 4. The topological polar surface area (TPSA) is 120 Å². The van der Waals surface area contributed by atoms with Crippen LogP contribution in [0.4, 0.5) is 27.9 Å². The first kappa shape index (κ1) is 19.2. The van der Waals surface area contributed by atoms with E-state index in [0.717, 1.165) is 40.8 Å². The predicted molar refractivity (Wildman–Crippen MR) is 115 cm³/mol. The zero-order valence-corrected chi connectivity index (χ0v) is 17.2. The highest BCUT2D eigenvalue weighted by Crippen LogP contribution is 2.23. The average molecular weight is 457 g/mol. The second-order valence-electron chi connectivity index (χ2n) is 6.72. The van der Waals surface area contributed by atoms with Crippen LogP contribution in [-0.4, -0.2) is 38.6 Å². The number of halogens is 1. The maximum Gasteiger partial charge on any atom is 0.319 e. The molecule has 9 nitrogen and oxygen atoms in total. The van der Waals surface area contributed by atoms with Gasteiger partial charge in [-0.3, -0.25) is 0 Å². The van der Waals surface area contributed by atoms with Crippen LogP contribution in [0, 0.1) is 0 Å². The Hall–Kier alpha value is -3.14. The Balaban J connectivity index is 1.32. The molecule has 150 valence electrons. The Bertz CT molecular complexity index is 957. The minimum atomic E-state index is -0.171. The third-order valence-electron chi connectivity index (χ3n) is 4.30. The number of imidazole rings is 1. The van der Waals surface area contributed by atoms with Crippen LogP contribution in [0.2, 0.25) is 0 Å². The van der Waals surface area contributed by atoms with Crippen LogP contribution in [0.25, 0.3) is 0 Å². The monoisotopic (exact) mass is 456 g/mol. The number of hydrogen-bond acceptors (Lipinski definition) is 6. The van der Waals surface area contributed by atoms with Crippen molar-refractivity contribution in [3.05, 3.63) is 53.2 Å². The van der Waals surface area contributed by atoms with Crippen molar-refractivity contribution in [2.24, 2.45) is 0 Å². The van der Waals surface area contributed by atoms with E-state index in [1.165, 1.54) is 0 Å². The molecular formula is C19H21BrN8O. The van der Waals surface area contributed by atoms with E-state index in [0.29, 0.717) is 24.4 Å². The molecule has 1 saturated carbocycles. The van der Waals surface area contributed by atoms with Gasteiger partial charge in [0.2, 0.25) is 5.95 Å². The molecule has 0 bridgehead atoms. The number of nitrogens with one attached hydrogen (secondary N) is 5. The molecule has 1 fully saturated rings. The normalized spacial score (nSPS) is 13.0. The van der Waals surface area contributed by atoms with Gasteiger partial charge in [0.05, 0.1) is 10.8 Å². The van der Waals surface area contributed by atoms with Gasteiger partial charge in [-0.2, -0.15) is 4.98 Å². The summed E-state index contributed by atoms with van der Waals surface area (Å²) in [4.78, 5) is 27.7. The van der Waals surface area contributed by atoms with Crippen molar-refractivity contribution in [1.29, 1.82) is 0 Å². The molecule has 0 saturated heterocycles. The van der Waals surface area contributed by atoms with Gasteiger partial charge in [0.15, 0.2) is 0 Å². The molecule has 29 heavy (non-hydrogen) atoms. The first-order valence-corrected chi connectivity index (χ1v) is 10.1. The molecule has 0 spiro atoms. The molecule has 5 N–H and O–H groups in total. The fraction of sp³-hybridized carbons (Fsp3) is 0.263. The first-order chi connectivity index (χ1) is 14.2. The number of amides is 2. The number of aromatic nitrogens is 4. The third kappa shape index (κ3) is 5.67. The van der Waals surface area contributed by atoms with Crippen molar-refractivity contribution in [2.75, 3.05) is 22.5 Å². The van der Waals surface area contributed by atoms with Gasteiger partial charge in [-0.05, 0) is 53.0 Å². The van der Waals surface area contributed by atoms with Crippen molar-refractivity contribution in [3.63, 3.8) is 0 Å². The van der Waals surface area contributed by atoms with Crippen molar-refractivity contribution in [1.82, 2.24) is 25.3 Å². The van der Waals surface area contributed by atoms with E-state index in [1.54, 1.807) is 18.7 Å². The standard InChI is InChI=1S/C19H21BrN8O/c20-16-10-23-18(28-17(16)22-8-7-15-9-21-11-24-15)25-12-1-3-13(4-2-12)26-19(29)27-14-5-6-14/h1-4,9-11,14H,5-8H2,(H,21,24)(H2,26,27,29)(H2,22,23,25,28). The molecule has 2 amide bonds. The van der Waals surface area contributed by atoms with E-state index >= 15 is 0 Å². The Morgan fingerprint density at radius 1 is 1.17 bits per heavy atom. The molecule has 4 rings (SSSR count). The summed E-state index contributed by atoms with van der Waals surface area (Å²) in [5, 5.41) is 12.2. The summed E-state index contributed by atoms with van der Waals surface area (Å²) in [6, 6.07) is 7.55. The van der Waals surface area contributed by atoms with E-state index in [-0.39, 0.29) is 6.03 Å². The van der Waals surface area contributed by atoms with Crippen LogP contribution in [0.5, 0.6) is 0 Å². The van der Waals surface area contributed by atoms with Gasteiger partial charge >= 0.3 is 6.03 Å². The van der Waals surface area contributed by atoms with Crippen molar-refractivity contribution in [2.45, 2.75) is 25.3 Å². The molecule has 2 heterocycles. The van der Waals surface area contributed by atoms with Crippen molar-refractivity contribution >= 4 is 45.1 Å². The summed E-state index contributed by atoms with van der Waals surface area (Å²) in [7, 11) is 0. The van der Waals surface area contributed by atoms with Crippen LogP contribution in [0.15, 0.2) is 47.5 Å². The first-order valence-electron chi connectivity index (χ1n) is 9.34. The summed E-state index contributed by atoms with van der Waals surface area (Å²) in [6.07, 6.45) is 8.09. The number of hydrogen-bond donors (Lipinski definition) is 5. The van der Waals surface area contributed by atoms with Gasteiger partial charge in [-0.25, -0.2) is 14.8 Å². The highest BCUT2D eigenvalue weighted by molar-refractivity contribution is 9.10. The van der Waals surface area contributed by atoms with Gasteiger partial charge in [0.25, 0.3) is 0 Å². The summed E-state index contributed by atoms with van der Waals surface area (Å²) >= 11 is 3.47. The molecule has 10 heteroatoms. The van der Waals surface area contributed by atoms with E-state index in [1.807, 2.05) is 24.3 Å². The lowest BCUT2D eigenvalue weighted by Crippen LogP contribution is -2.30. The molecule has 0 aliphatic heterocycles. The number of carbonyl (C=O) groups excluding carboxylic acids is 1. The highest BCUT2D eigenvalue weighted by atomic mass is 79.9. The van der Waals surface area contributed by atoms with Gasteiger partial charge in [-0.15, -0.1) is 0 Å². The average Bonchev–Trinajstić information content (AvgIpc) is 3.36. The third-order valence-corrected chi connectivity index (χ3v) is 4.88. The van der Waals surface area contributed by atoms with Crippen LogP contribution in [0.1, 0.15) is 18.5 Å². The van der Waals surface area contributed by atoms with Crippen LogP contribution >= 0.6 is 15.9 Å². The summed E-state index contributed by atoms with van der Waals surface area (Å²) in [5.74, 6) is 1.18. The molecule has 1 aliphatic carbocycles. The largest absolute Gasteiger partial charge is 0.369 e. The Morgan fingerprint density at radius 2 is 1.97 bits per heavy atom. The second kappa shape index (κ2) is 8.91. The summed E-state index contributed by atoms with van der Waals surface area (Å²) in [6.45, 7) is 0.709.